The van der Waals surface area contributed by atoms with Crippen LogP contribution in [0.3, 0.4) is 0 Å². The molecule has 0 aromatic heterocycles. The zero-order valence-corrected chi connectivity index (χ0v) is 20.0. The second-order valence-electron chi connectivity index (χ2n) is 7.07. The Balaban J connectivity index is 0.00000364. The van der Waals surface area contributed by atoms with Gasteiger partial charge in [-0.2, -0.15) is 0 Å². The minimum Gasteiger partial charge on any atom is -0.357 e. The lowest BCUT2D eigenvalue weighted by Crippen LogP contribution is -2.38. The molecule has 1 aromatic carbocycles. The van der Waals surface area contributed by atoms with Gasteiger partial charge < -0.3 is 20.0 Å². The van der Waals surface area contributed by atoms with Crippen LogP contribution < -0.4 is 5.32 Å². The highest BCUT2D eigenvalue weighted by Gasteiger charge is 2.11. The molecule has 0 saturated carbocycles. The van der Waals surface area contributed by atoms with E-state index in [0.29, 0.717) is 0 Å². The summed E-state index contributed by atoms with van der Waals surface area (Å²) in [5.41, 5.74) is 1.19. The molecule has 1 saturated heterocycles. The smallest absolute Gasteiger partial charge is 0.193 e. The number of benzene rings is 1. The molecule has 1 heterocycles. The van der Waals surface area contributed by atoms with Gasteiger partial charge in [0.2, 0.25) is 0 Å². The molecule has 1 aliphatic heterocycles. The maximum Gasteiger partial charge on any atom is 0.193 e. The van der Waals surface area contributed by atoms with Crippen molar-refractivity contribution in [3.63, 3.8) is 0 Å². The van der Waals surface area contributed by atoms with Gasteiger partial charge in [0.05, 0.1) is 0 Å². The van der Waals surface area contributed by atoms with E-state index in [1.54, 1.807) is 0 Å². The van der Waals surface area contributed by atoms with Gasteiger partial charge in [0, 0.05) is 44.8 Å². The number of halogens is 2. The summed E-state index contributed by atoms with van der Waals surface area (Å²) in [5.74, 6) is 0.961. The fourth-order valence-corrected chi connectivity index (χ4v) is 3.47. The molecule has 0 spiro atoms. The lowest BCUT2D eigenvalue weighted by atomic mass is 10.2. The molecule has 2 rings (SSSR count). The van der Waals surface area contributed by atoms with Crippen LogP contribution in [-0.4, -0.2) is 80.6 Å². The minimum atomic E-state index is 0. The predicted octanol–water partition coefficient (Wildman–Crippen LogP) is 3.38. The Morgan fingerprint density at radius 2 is 2.07 bits per heavy atom. The van der Waals surface area contributed by atoms with Gasteiger partial charge in [-0.3, -0.25) is 4.99 Å². The zero-order valence-electron chi connectivity index (χ0n) is 17.0. The van der Waals surface area contributed by atoms with Gasteiger partial charge in [-0.1, -0.05) is 23.7 Å². The second kappa shape index (κ2) is 13.6. The molecule has 1 aromatic rings. The Hall–Kier alpha value is -0.570. The molecule has 0 aliphatic carbocycles. The molecular weight excluding hydrogens is 473 g/mol. The Bertz CT molecular complexity index is 569. The van der Waals surface area contributed by atoms with E-state index in [-0.39, 0.29) is 24.0 Å². The topological polar surface area (TPSA) is 34.1 Å². The average molecular weight is 508 g/mol. The number of hydrogen-bond donors (Lipinski definition) is 1. The molecule has 0 atom stereocenters. The van der Waals surface area contributed by atoms with Crippen LogP contribution in [0.25, 0.3) is 0 Å². The van der Waals surface area contributed by atoms with Crippen LogP contribution in [0.5, 0.6) is 0 Å². The van der Waals surface area contributed by atoms with Crippen LogP contribution in [0.4, 0.5) is 0 Å². The Morgan fingerprint density at radius 1 is 1.26 bits per heavy atom. The lowest BCUT2D eigenvalue weighted by Gasteiger charge is -2.23. The summed E-state index contributed by atoms with van der Waals surface area (Å²) in [7, 11) is 4.29. The van der Waals surface area contributed by atoms with Crippen molar-refractivity contribution in [1.29, 1.82) is 0 Å². The van der Waals surface area contributed by atoms with Crippen molar-refractivity contribution in [2.45, 2.75) is 26.3 Å². The monoisotopic (exact) mass is 507 g/mol. The highest BCUT2D eigenvalue weighted by Crippen LogP contribution is 2.12. The fourth-order valence-electron chi connectivity index (χ4n) is 3.26. The summed E-state index contributed by atoms with van der Waals surface area (Å²) in [4.78, 5) is 12.0. The first-order valence-corrected chi connectivity index (χ1v) is 10.1. The fraction of sp³-hybridized carbons (Fsp3) is 0.650. The normalized spacial score (nSPS) is 16.5. The average Bonchev–Trinajstić information content (AvgIpc) is 2.82. The van der Waals surface area contributed by atoms with Gasteiger partial charge in [-0.15, -0.1) is 24.0 Å². The number of aliphatic imine (C=N–C) groups is 1. The molecular formula is C20H35ClIN5. The minimum absolute atomic E-state index is 0. The highest BCUT2D eigenvalue weighted by atomic mass is 127. The summed E-state index contributed by atoms with van der Waals surface area (Å²) >= 11 is 6.09. The number of nitrogens with one attached hydrogen (secondary N) is 1. The van der Waals surface area contributed by atoms with Crippen molar-refractivity contribution in [2.75, 3.05) is 59.9 Å². The predicted molar refractivity (Wildman–Crippen MR) is 127 cm³/mol. The Morgan fingerprint density at radius 3 is 2.81 bits per heavy atom. The number of hydrogen-bond acceptors (Lipinski definition) is 3. The van der Waals surface area contributed by atoms with E-state index in [1.807, 2.05) is 18.2 Å². The van der Waals surface area contributed by atoms with Crippen molar-refractivity contribution >= 4 is 41.5 Å². The molecule has 5 nitrogen and oxygen atoms in total. The van der Waals surface area contributed by atoms with Crippen molar-refractivity contribution in [3.05, 3.63) is 34.9 Å². The molecule has 7 heteroatoms. The molecule has 1 aliphatic rings. The Kier molecular flexibility index (Phi) is 12.3. The molecule has 27 heavy (non-hydrogen) atoms. The Labute approximate surface area is 187 Å². The van der Waals surface area contributed by atoms with Gasteiger partial charge in [0.15, 0.2) is 5.96 Å². The van der Waals surface area contributed by atoms with Gasteiger partial charge in [0.1, 0.15) is 0 Å². The first-order valence-electron chi connectivity index (χ1n) is 9.73. The molecule has 0 radical (unpaired) electrons. The largest absolute Gasteiger partial charge is 0.357 e. The molecule has 154 valence electrons. The van der Waals surface area contributed by atoms with Gasteiger partial charge in [0.25, 0.3) is 0 Å². The van der Waals surface area contributed by atoms with E-state index in [9.17, 15) is 0 Å². The summed E-state index contributed by atoms with van der Waals surface area (Å²) in [6, 6.07) is 8.01. The third-order valence-corrected chi connectivity index (χ3v) is 4.95. The van der Waals surface area contributed by atoms with Crippen molar-refractivity contribution < 1.29 is 0 Å². The number of nitrogens with zero attached hydrogens (tertiary/aromatic N) is 4. The maximum absolute atomic E-state index is 6.09. The summed E-state index contributed by atoms with van der Waals surface area (Å²) in [6.07, 6.45) is 2.37. The summed E-state index contributed by atoms with van der Waals surface area (Å²) in [6.45, 7) is 10.5. The van der Waals surface area contributed by atoms with E-state index in [2.05, 4.69) is 47.1 Å². The quantitative estimate of drug-likeness (QED) is 0.266. The van der Waals surface area contributed by atoms with Crippen LogP contribution >= 0.6 is 35.6 Å². The van der Waals surface area contributed by atoms with Gasteiger partial charge in [-0.05, 0) is 64.1 Å². The molecule has 1 fully saturated rings. The maximum atomic E-state index is 6.09. The van der Waals surface area contributed by atoms with Crippen molar-refractivity contribution in [2.24, 2.45) is 4.99 Å². The van der Waals surface area contributed by atoms with Crippen LogP contribution in [0.2, 0.25) is 5.02 Å². The van der Waals surface area contributed by atoms with Crippen LogP contribution in [-0.2, 0) is 6.54 Å². The van der Waals surface area contributed by atoms with E-state index in [1.165, 1.54) is 38.2 Å². The molecule has 0 unspecified atom stereocenters. The van der Waals surface area contributed by atoms with Crippen LogP contribution in [0, 0.1) is 0 Å². The third-order valence-electron chi connectivity index (χ3n) is 4.71. The molecule has 0 bridgehead atoms. The van der Waals surface area contributed by atoms with Crippen LogP contribution in [0.15, 0.2) is 29.3 Å². The zero-order chi connectivity index (χ0) is 18.8. The van der Waals surface area contributed by atoms with E-state index < -0.39 is 0 Å². The van der Waals surface area contributed by atoms with E-state index >= 15 is 0 Å². The number of rotatable bonds is 7. The number of guanidine groups is 1. The molecule has 1 N–H and O–H groups in total. The van der Waals surface area contributed by atoms with Crippen molar-refractivity contribution in [3.8, 4) is 0 Å². The van der Waals surface area contributed by atoms with E-state index in [4.69, 9.17) is 16.6 Å². The summed E-state index contributed by atoms with van der Waals surface area (Å²) in [5, 5.41) is 4.17. The first-order chi connectivity index (χ1) is 12.6. The number of likely N-dealkylation sites (N-methyl/N-ethyl adjacent to an activating group) is 1. The lowest BCUT2D eigenvalue weighted by molar-refractivity contribution is 0.275. The highest BCUT2D eigenvalue weighted by molar-refractivity contribution is 14.0. The van der Waals surface area contributed by atoms with Gasteiger partial charge in [-0.25, -0.2) is 0 Å². The third kappa shape index (κ3) is 9.45. The molecule has 0 amide bonds. The van der Waals surface area contributed by atoms with E-state index in [0.717, 1.165) is 43.6 Å². The standard InChI is InChI=1S/C20H34ClN5.HI/c1-4-22-20(25(3)17-18-8-5-9-19(21)16-18)23-10-6-12-26-13-7-11-24(2)14-15-26;/h5,8-9,16H,4,6-7,10-15,17H2,1-3H3,(H,22,23);1H. The van der Waals surface area contributed by atoms with Gasteiger partial charge >= 0.3 is 0 Å². The van der Waals surface area contributed by atoms with Crippen molar-refractivity contribution in [1.82, 2.24) is 20.0 Å². The first kappa shape index (κ1) is 24.5. The summed E-state index contributed by atoms with van der Waals surface area (Å²) < 4.78 is 0. The second-order valence-corrected chi connectivity index (χ2v) is 7.51. The SMILES string of the molecule is CCNC(=NCCCN1CCCN(C)CC1)N(C)Cc1cccc(Cl)c1.I. The van der Waals surface area contributed by atoms with Crippen LogP contribution in [0.1, 0.15) is 25.3 Å².